The average molecular weight is 253 g/mol. The van der Waals surface area contributed by atoms with Gasteiger partial charge in [0.15, 0.2) is 0 Å². The van der Waals surface area contributed by atoms with Gasteiger partial charge in [-0.2, -0.15) is 0 Å². The summed E-state index contributed by atoms with van der Waals surface area (Å²) in [6, 6.07) is 1.67. The number of hydrogen-bond donors (Lipinski definition) is 1. The first-order valence-electron chi connectivity index (χ1n) is 6.53. The van der Waals surface area contributed by atoms with Gasteiger partial charge in [-0.05, 0) is 27.2 Å². The molecule has 0 saturated carbocycles. The predicted molar refractivity (Wildman–Crippen MR) is 73.5 cm³/mol. The Labute approximate surface area is 108 Å². The monoisotopic (exact) mass is 253 g/mol. The molecule has 4 heteroatoms. The molecule has 96 valence electrons. The molecule has 1 aromatic rings. The molecule has 0 bridgehead atoms. The molecule has 17 heavy (non-hydrogen) atoms. The van der Waals surface area contributed by atoms with Crippen LogP contribution in [-0.2, 0) is 0 Å². The summed E-state index contributed by atoms with van der Waals surface area (Å²) in [7, 11) is 0. The van der Waals surface area contributed by atoms with Crippen molar-refractivity contribution in [2.24, 2.45) is 0 Å². The van der Waals surface area contributed by atoms with Gasteiger partial charge in [0.1, 0.15) is 5.01 Å². The average Bonchev–Trinajstić information content (AvgIpc) is 2.76. The number of nitrogens with one attached hydrogen (secondary N) is 1. The fourth-order valence-corrected chi connectivity index (χ4v) is 3.32. The normalized spacial score (nSPS) is 28.2. The highest BCUT2D eigenvalue weighted by Gasteiger charge is 2.29. The van der Waals surface area contributed by atoms with Crippen molar-refractivity contribution in [2.75, 3.05) is 13.1 Å². The van der Waals surface area contributed by atoms with Crippen molar-refractivity contribution in [1.29, 1.82) is 0 Å². The molecule has 0 amide bonds. The Morgan fingerprint density at radius 1 is 1.65 bits per heavy atom. The molecular formula is C13H23N3S. The molecule has 3 atom stereocenters. The van der Waals surface area contributed by atoms with Gasteiger partial charge in [-0.15, -0.1) is 11.3 Å². The van der Waals surface area contributed by atoms with E-state index in [1.807, 2.05) is 17.5 Å². The Hall–Kier alpha value is -0.450. The third-order valence-electron chi connectivity index (χ3n) is 3.69. The summed E-state index contributed by atoms with van der Waals surface area (Å²) in [5, 5.41) is 4.86. The predicted octanol–water partition coefficient (Wildman–Crippen LogP) is 2.58. The maximum absolute atomic E-state index is 4.53. The molecule has 0 aliphatic carbocycles. The second-order valence-electron chi connectivity index (χ2n) is 5.04. The van der Waals surface area contributed by atoms with Crippen molar-refractivity contribution >= 4 is 11.3 Å². The van der Waals surface area contributed by atoms with E-state index in [4.69, 9.17) is 0 Å². The standard InChI is InChI=1S/C13H23N3S/c1-5-12-8-16(9(2)6-14-12)11(4)13-15-7-10(3)17-13/h7,9,11-12,14H,5-6,8H2,1-4H3. The summed E-state index contributed by atoms with van der Waals surface area (Å²) in [4.78, 5) is 8.43. The van der Waals surface area contributed by atoms with Gasteiger partial charge in [-0.25, -0.2) is 4.98 Å². The molecule has 0 radical (unpaired) electrons. The maximum Gasteiger partial charge on any atom is 0.110 e. The molecule has 1 saturated heterocycles. The van der Waals surface area contributed by atoms with Crippen LogP contribution >= 0.6 is 11.3 Å². The molecular weight excluding hydrogens is 230 g/mol. The first-order chi connectivity index (χ1) is 8.11. The molecule has 0 aromatic carbocycles. The van der Waals surface area contributed by atoms with E-state index in [2.05, 4.69) is 42.9 Å². The van der Waals surface area contributed by atoms with Crippen LogP contribution in [0.3, 0.4) is 0 Å². The third-order valence-corrected chi connectivity index (χ3v) is 4.77. The smallest absolute Gasteiger partial charge is 0.110 e. The molecule has 1 N–H and O–H groups in total. The first-order valence-corrected chi connectivity index (χ1v) is 7.35. The summed E-state index contributed by atoms with van der Waals surface area (Å²) in [5.74, 6) is 0. The Morgan fingerprint density at radius 2 is 2.41 bits per heavy atom. The van der Waals surface area contributed by atoms with E-state index in [1.54, 1.807) is 0 Å². The number of aromatic nitrogens is 1. The Balaban J connectivity index is 2.09. The topological polar surface area (TPSA) is 28.2 Å². The van der Waals surface area contributed by atoms with Crippen LogP contribution in [0, 0.1) is 6.92 Å². The highest BCUT2D eigenvalue weighted by Crippen LogP contribution is 2.27. The fraction of sp³-hybridized carbons (Fsp3) is 0.769. The lowest BCUT2D eigenvalue weighted by atomic mass is 10.1. The van der Waals surface area contributed by atoms with Gasteiger partial charge in [-0.3, -0.25) is 4.90 Å². The number of aryl methyl sites for hydroxylation is 1. The van der Waals surface area contributed by atoms with Crippen molar-refractivity contribution in [3.63, 3.8) is 0 Å². The van der Waals surface area contributed by atoms with Gasteiger partial charge in [-0.1, -0.05) is 6.92 Å². The van der Waals surface area contributed by atoms with E-state index in [0.717, 1.165) is 13.1 Å². The van der Waals surface area contributed by atoms with Crippen molar-refractivity contribution in [3.8, 4) is 0 Å². The quantitative estimate of drug-likeness (QED) is 0.897. The fourth-order valence-electron chi connectivity index (χ4n) is 2.47. The van der Waals surface area contributed by atoms with E-state index < -0.39 is 0 Å². The number of piperazine rings is 1. The van der Waals surface area contributed by atoms with E-state index in [-0.39, 0.29) is 0 Å². The second-order valence-corrected chi connectivity index (χ2v) is 6.31. The zero-order valence-electron chi connectivity index (χ0n) is 11.2. The summed E-state index contributed by atoms with van der Waals surface area (Å²) in [6.07, 6.45) is 3.19. The molecule has 1 fully saturated rings. The molecule has 1 aliphatic heterocycles. The summed E-state index contributed by atoms with van der Waals surface area (Å²) in [5.41, 5.74) is 0. The van der Waals surface area contributed by atoms with E-state index in [1.165, 1.54) is 16.3 Å². The molecule has 2 heterocycles. The van der Waals surface area contributed by atoms with E-state index in [9.17, 15) is 0 Å². The number of rotatable bonds is 3. The zero-order chi connectivity index (χ0) is 12.4. The molecule has 3 nitrogen and oxygen atoms in total. The van der Waals surface area contributed by atoms with Crippen LogP contribution in [0.2, 0.25) is 0 Å². The van der Waals surface area contributed by atoms with Crippen molar-refractivity contribution in [3.05, 3.63) is 16.1 Å². The largest absolute Gasteiger partial charge is 0.311 e. The Bertz CT molecular complexity index is 363. The lowest BCUT2D eigenvalue weighted by molar-refractivity contribution is 0.0974. The second kappa shape index (κ2) is 5.46. The van der Waals surface area contributed by atoms with E-state index >= 15 is 0 Å². The first kappa shape index (κ1) is 13.0. The molecule has 1 aromatic heterocycles. The maximum atomic E-state index is 4.53. The minimum atomic E-state index is 0.444. The Morgan fingerprint density at radius 3 is 3.00 bits per heavy atom. The van der Waals surface area contributed by atoms with Crippen LogP contribution in [0.15, 0.2) is 6.20 Å². The van der Waals surface area contributed by atoms with Gasteiger partial charge in [0.05, 0.1) is 6.04 Å². The number of hydrogen-bond acceptors (Lipinski definition) is 4. The van der Waals surface area contributed by atoms with Crippen LogP contribution in [0.1, 0.15) is 43.1 Å². The lowest BCUT2D eigenvalue weighted by Crippen LogP contribution is -2.55. The van der Waals surface area contributed by atoms with Crippen LogP contribution in [0.25, 0.3) is 0 Å². The van der Waals surface area contributed by atoms with Gasteiger partial charge >= 0.3 is 0 Å². The van der Waals surface area contributed by atoms with Crippen LogP contribution < -0.4 is 5.32 Å². The van der Waals surface area contributed by atoms with Crippen LogP contribution in [0.4, 0.5) is 0 Å². The molecule has 0 spiro atoms. The SMILES string of the molecule is CCC1CN(C(C)c2ncc(C)s2)C(C)CN1. The zero-order valence-corrected chi connectivity index (χ0v) is 12.0. The third kappa shape index (κ3) is 2.87. The van der Waals surface area contributed by atoms with Gasteiger partial charge in [0, 0.05) is 36.2 Å². The molecule has 3 unspecified atom stereocenters. The van der Waals surface area contributed by atoms with Gasteiger partial charge in [0.2, 0.25) is 0 Å². The van der Waals surface area contributed by atoms with Crippen LogP contribution in [-0.4, -0.2) is 35.1 Å². The number of nitrogens with zero attached hydrogens (tertiary/aromatic N) is 2. The summed E-state index contributed by atoms with van der Waals surface area (Å²) >= 11 is 1.83. The van der Waals surface area contributed by atoms with E-state index in [0.29, 0.717) is 18.1 Å². The van der Waals surface area contributed by atoms with Crippen molar-refractivity contribution < 1.29 is 0 Å². The minimum absolute atomic E-state index is 0.444. The van der Waals surface area contributed by atoms with Crippen molar-refractivity contribution in [2.45, 2.75) is 52.2 Å². The summed E-state index contributed by atoms with van der Waals surface area (Å²) in [6.45, 7) is 11.2. The minimum Gasteiger partial charge on any atom is -0.311 e. The van der Waals surface area contributed by atoms with Crippen LogP contribution in [0.5, 0.6) is 0 Å². The highest BCUT2D eigenvalue weighted by atomic mass is 32.1. The Kier molecular flexibility index (Phi) is 4.17. The highest BCUT2D eigenvalue weighted by molar-refractivity contribution is 7.11. The molecule has 2 rings (SSSR count). The lowest BCUT2D eigenvalue weighted by Gasteiger charge is -2.41. The van der Waals surface area contributed by atoms with Crippen molar-refractivity contribution in [1.82, 2.24) is 15.2 Å². The summed E-state index contributed by atoms with van der Waals surface area (Å²) < 4.78 is 0. The molecule has 1 aliphatic rings. The van der Waals surface area contributed by atoms with Gasteiger partial charge in [0.25, 0.3) is 0 Å². The van der Waals surface area contributed by atoms with Gasteiger partial charge < -0.3 is 5.32 Å². The number of thiazole rings is 1.